The highest BCUT2D eigenvalue weighted by Gasteiger charge is 2.19. The first kappa shape index (κ1) is 23.1. The highest BCUT2D eigenvalue weighted by Crippen LogP contribution is 2.26. The van der Waals surface area contributed by atoms with E-state index in [0.29, 0.717) is 25.3 Å². The van der Waals surface area contributed by atoms with Gasteiger partial charge in [-0.2, -0.15) is 0 Å². The molecule has 0 radical (unpaired) electrons. The summed E-state index contributed by atoms with van der Waals surface area (Å²) in [6.45, 7) is 4.35. The second kappa shape index (κ2) is 10.1. The first-order valence-corrected chi connectivity index (χ1v) is 11.7. The highest BCUT2D eigenvalue weighted by molar-refractivity contribution is 7.89. The van der Waals surface area contributed by atoms with E-state index in [1.165, 1.54) is 18.4 Å². The molecule has 0 aliphatic carbocycles. The zero-order valence-electron chi connectivity index (χ0n) is 18.5. The summed E-state index contributed by atoms with van der Waals surface area (Å²) in [5, 5.41) is 3.40. The average molecular weight is 447 g/mol. The van der Waals surface area contributed by atoms with Crippen molar-refractivity contribution in [3.63, 3.8) is 0 Å². The van der Waals surface area contributed by atoms with Crippen LogP contribution in [0.2, 0.25) is 0 Å². The number of ether oxygens (including phenoxy) is 2. The number of aryl methyl sites for hydroxylation is 1. The quantitative estimate of drug-likeness (QED) is 0.455. The summed E-state index contributed by atoms with van der Waals surface area (Å²) in [6.07, 6.45) is 0.937. The summed E-state index contributed by atoms with van der Waals surface area (Å²) < 4.78 is 39.2. The fourth-order valence-electron chi connectivity index (χ4n) is 3.29. The topological polar surface area (TPSA) is 85.7 Å². The maximum absolute atomic E-state index is 12.5. The lowest BCUT2D eigenvalue weighted by Gasteiger charge is -2.14. The molecule has 0 saturated carbocycles. The van der Waals surface area contributed by atoms with Crippen molar-refractivity contribution in [1.82, 2.24) is 13.9 Å². The van der Waals surface area contributed by atoms with Crippen LogP contribution in [0.25, 0.3) is 11.0 Å². The summed E-state index contributed by atoms with van der Waals surface area (Å²) in [4.78, 5) is 4.98. The Labute approximate surface area is 183 Å². The molecule has 3 aromatic rings. The number of benzene rings is 2. The minimum Gasteiger partial charge on any atom is -0.489 e. The number of imidazole rings is 1. The van der Waals surface area contributed by atoms with Crippen LogP contribution < -0.4 is 10.1 Å². The normalized spacial score (nSPS) is 11.9. The van der Waals surface area contributed by atoms with Crippen LogP contribution >= 0.6 is 0 Å². The molecule has 8 nitrogen and oxygen atoms in total. The van der Waals surface area contributed by atoms with Crippen molar-refractivity contribution in [1.29, 1.82) is 0 Å². The molecule has 0 saturated heterocycles. The van der Waals surface area contributed by atoms with E-state index < -0.39 is 10.0 Å². The standard InChI is InChI=1S/C22H30N4O4S/c1-5-12-26-20-11-10-17(31(27,28)25(2)3)15-19(20)24-22(26)16-23-18-8-6-7-9-21(18)30-14-13-29-4/h6-11,15,23H,5,12-14,16H2,1-4H3. The van der Waals surface area contributed by atoms with Gasteiger partial charge < -0.3 is 19.4 Å². The van der Waals surface area contributed by atoms with Gasteiger partial charge in [0.15, 0.2) is 0 Å². The first-order chi connectivity index (χ1) is 14.9. The van der Waals surface area contributed by atoms with Gasteiger partial charge in [-0.1, -0.05) is 19.1 Å². The van der Waals surface area contributed by atoms with Gasteiger partial charge >= 0.3 is 0 Å². The number of para-hydroxylation sites is 2. The van der Waals surface area contributed by atoms with Gasteiger partial charge in [-0.05, 0) is 36.8 Å². The zero-order chi connectivity index (χ0) is 22.4. The third-order valence-electron chi connectivity index (χ3n) is 4.89. The van der Waals surface area contributed by atoms with Gasteiger partial charge in [0.2, 0.25) is 10.0 Å². The maximum Gasteiger partial charge on any atom is 0.242 e. The van der Waals surface area contributed by atoms with Gasteiger partial charge in [-0.15, -0.1) is 0 Å². The van der Waals surface area contributed by atoms with Crippen LogP contribution in [0.4, 0.5) is 5.69 Å². The summed E-state index contributed by atoms with van der Waals surface area (Å²) >= 11 is 0. The number of aromatic nitrogens is 2. The SMILES string of the molecule is CCCn1c(CNc2ccccc2OCCOC)nc2cc(S(=O)(=O)N(C)C)ccc21. The third-order valence-corrected chi connectivity index (χ3v) is 6.70. The Hall–Kier alpha value is -2.62. The molecule has 0 unspecified atom stereocenters. The monoisotopic (exact) mass is 446 g/mol. The molecule has 0 spiro atoms. The van der Waals surface area contributed by atoms with E-state index in [-0.39, 0.29) is 4.90 Å². The largest absolute Gasteiger partial charge is 0.489 e. The zero-order valence-corrected chi connectivity index (χ0v) is 19.3. The highest BCUT2D eigenvalue weighted by atomic mass is 32.2. The van der Waals surface area contributed by atoms with Gasteiger partial charge in [0.25, 0.3) is 0 Å². The van der Waals surface area contributed by atoms with Crippen LogP contribution in [0, 0.1) is 0 Å². The van der Waals surface area contributed by atoms with Crippen molar-refractivity contribution >= 4 is 26.7 Å². The Balaban J connectivity index is 1.89. The molecule has 3 rings (SSSR count). The minimum absolute atomic E-state index is 0.238. The van der Waals surface area contributed by atoms with E-state index in [4.69, 9.17) is 14.5 Å². The molecule has 2 aromatic carbocycles. The van der Waals surface area contributed by atoms with Gasteiger partial charge in [0, 0.05) is 27.7 Å². The van der Waals surface area contributed by atoms with Crippen molar-refractivity contribution in [2.24, 2.45) is 0 Å². The van der Waals surface area contributed by atoms with E-state index in [1.54, 1.807) is 19.2 Å². The molecule has 0 bridgehead atoms. The fraction of sp³-hybridized carbons (Fsp3) is 0.409. The molecule has 168 valence electrons. The molecule has 0 aliphatic heterocycles. The Bertz CT molecular complexity index is 1130. The minimum atomic E-state index is -3.51. The Morgan fingerprint density at radius 3 is 2.61 bits per heavy atom. The number of hydrogen-bond donors (Lipinski definition) is 1. The smallest absolute Gasteiger partial charge is 0.242 e. The number of hydrogen-bond acceptors (Lipinski definition) is 6. The van der Waals surface area contributed by atoms with Crippen molar-refractivity contribution in [3.05, 3.63) is 48.3 Å². The molecule has 1 heterocycles. The average Bonchev–Trinajstić information content (AvgIpc) is 3.10. The van der Waals surface area contributed by atoms with Crippen LogP contribution in [0.15, 0.2) is 47.4 Å². The van der Waals surface area contributed by atoms with Crippen molar-refractivity contribution in [2.75, 3.05) is 39.7 Å². The van der Waals surface area contributed by atoms with Gasteiger partial charge in [0.05, 0.1) is 34.8 Å². The molecular weight excluding hydrogens is 416 g/mol. The van der Waals surface area contributed by atoms with Gasteiger partial charge in [0.1, 0.15) is 18.2 Å². The molecule has 0 aliphatic rings. The summed E-state index contributed by atoms with van der Waals surface area (Å²) in [6, 6.07) is 12.8. The predicted octanol–water partition coefficient (Wildman–Crippen LogP) is 3.33. The molecule has 1 N–H and O–H groups in total. The second-order valence-corrected chi connectivity index (χ2v) is 9.46. The van der Waals surface area contributed by atoms with Gasteiger partial charge in [-0.3, -0.25) is 0 Å². The summed E-state index contributed by atoms with van der Waals surface area (Å²) in [5.74, 6) is 1.58. The number of nitrogens with zero attached hydrogens (tertiary/aromatic N) is 3. The number of rotatable bonds is 11. The maximum atomic E-state index is 12.5. The Kier molecular flexibility index (Phi) is 7.53. The van der Waals surface area contributed by atoms with E-state index in [1.807, 2.05) is 30.3 Å². The number of sulfonamides is 1. The first-order valence-electron chi connectivity index (χ1n) is 10.2. The van der Waals surface area contributed by atoms with Crippen LogP contribution in [0.3, 0.4) is 0 Å². The Morgan fingerprint density at radius 2 is 1.90 bits per heavy atom. The lowest BCUT2D eigenvalue weighted by atomic mass is 10.3. The lowest BCUT2D eigenvalue weighted by Crippen LogP contribution is -2.22. The number of methoxy groups -OCH3 is 1. The van der Waals surface area contributed by atoms with Crippen LogP contribution in [0.1, 0.15) is 19.2 Å². The summed E-state index contributed by atoms with van der Waals surface area (Å²) in [7, 11) is 1.17. The van der Waals surface area contributed by atoms with Crippen molar-refractivity contribution < 1.29 is 17.9 Å². The fourth-order valence-corrected chi connectivity index (χ4v) is 4.21. The molecule has 0 amide bonds. The van der Waals surface area contributed by atoms with Gasteiger partial charge in [-0.25, -0.2) is 17.7 Å². The molecule has 0 fully saturated rings. The van der Waals surface area contributed by atoms with E-state index in [2.05, 4.69) is 16.8 Å². The van der Waals surface area contributed by atoms with E-state index >= 15 is 0 Å². The molecular formula is C22H30N4O4S. The van der Waals surface area contributed by atoms with Crippen LogP contribution in [-0.2, 0) is 27.8 Å². The predicted molar refractivity (Wildman–Crippen MR) is 122 cm³/mol. The lowest BCUT2D eigenvalue weighted by molar-refractivity contribution is 0.146. The second-order valence-electron chi connectivity index (χ2n) is 7.31. The van der Waals surface area contributed by atoms with Crippen LogP contribution in [-0.4, -0.2) is 56.7 Å². The number of fused-ring (bicyclic) bond motifs is 1. The molecule has 0 atom stereocenters. The number of nitrogens with one attached hydrogen (secondary N) is 1. The van der Waals surface area contributed by atoms with Crippen molar-refractivity contribution in [2.45, 2.75) is 31.3 Å². The van der Waals surface area contributed by atoms with E-state index in [9.17, 15) is 8.42 Å². The molecule has 9 heteroatoms. The van der Waals surface area contributed by atoms with Crippen molar-refractivity contribution in [3.8, 4) is 5.75 Å². The third kappa shape index (κ3) is 5.17. The van der Waals surface area contributed by atoms with E-state index in [0.717, 1.165) is 35.7 Å². The Morgan fingerprint density at radius 1 is 1.13 bits per heavy atom. The molecule has 1 aromatic heterocycles. The molecule has 31 heavy (non-hydrogen) atoms. The summed E-state index contributed by atoms with van der Waals surface area (Å²) in [5.41, 5.74) is 2.45. The van der Waals surface area contributed by atoms with Crippen LogP contribution in [0.5, 0.6) is 5.75 Å². The number of anilines is 1.